The van der Waals surface area contributed by atoms with Crippen LogP contribution in [0, 0.1) is 0 Å². The van der Waals surface area contributed by atoms with Crippen LogP contribution >= 0.6 is 0 Å². The second-order valence-electron chi connectivity index (χ2n) is 3.18. The molecule has 0 aromatic heterocycles. The fourth-order valence-electron chi connectivity index (χ4n) is 0.808. The first-order valence-electron chi connectivity index (χ1n) is 4.59. The van der Waals surface area contributed by atoms with E-state index in [4.69, 9.17) is 9.76 Å². The van der Waals surface area contributed by atoms with Crippen molar-refractivity contribution in [3.63, 3.8) is 0 Å². The number of aliphatic hydroxyl groups is 1. The summed E-state index contributed by atoms with van der Waals surface area (Å²) in [4.78, 5) is 0. The molecule has 0 heterocycles. The lowest BCUT2D eigenvalue weighted by molar-refractivity contribution is 0.0464. The van der Waals surface area contributed by atoms with E-state index in [0.29, 0.717) is 6.32 Å². The van der Waals surface area contributed by atoms with Crippen LogP contribution in [0.3, 0.4) is 0 Å². The van der Waals surface area contributed by atoms with E-state index in [2.05, 4.69) is 6.92 Å². The van der Waals surface area contributed by atoms with Crippen molar-refractivity contribution < 1.29 is 14.8 Å². The average molecular weight is 174 g/mol. The highest BCUT2D eigenvalue weighted by Gasteiger charge is 2.18. The van der Waals surface area contributed by atoms with Crippen molar-refractivity contribution in [3.05, 3.63) is 0 Å². The third kappa shape index (κ3) is 5.58. The third-order valence-electron chi connectivity index (χ3n) is 1.86. The van der Waals surface area contributed by atoms with Crippen LogP contribution in [0.25, 0.3) is 0 Å². The smallest absolute Gasteiger partial charge is 0.427 e. The Bertz CT molecular complexity index is 108. The molecule has 0 saturated heterocycles. The van der Waals surface area contributed by atoms with Gasteiger partial charge in [0, 0.05) is 0 Å². The Labute approximate surface area is 74.9 Å². The van der Waals surface area contributed by atoms with Crippen molar-refractivity contribution >= 4 is 7.12 Å². The maximum Gasteiger partial charge on any atom is 0.454 e. The Hall–Kier alpha value is -0.0551. The van der Waals surface area contributed by atoms with E-state index in [-0.39, 0.29) is 6.10 Å². The first kappa shape index (κ1) is 11.9. The summed E-state index contributed by atoms with van der Waals surface area (Å²) in [5.41, 5.74) is 0. The third-order valence-corrected chi connectivity index (χ3v) is 1.86. The zero-order chi connectivity index (χ0) is 9.56. The van der Waals surface area contributed by atoms with Crippen LogP contribution in [0.4, 0.5) is 0 Å². The van der Waals surface area contributed by atoms with Crippen LogP contribution in [0.15, 0.2) is 0 Å². The normalized spacial score (nSPS) is 15.8. The van der Waals surface area contributed by atoms with Gasteiger partial charge in [-0.2, -0.15) is 0 Å². The van der Waals surface area contributed by atoms with Crippen molar-refractivity contribution in [2.45, 2.75) is 52.1 Å². The predicted octanol–water partition coefficient (Wildman–Crippen LogP) is 1.05. The van der Waals surface area contributed by atoms with Gasteiger partial charge in [0.15, 0.2) is 0 Å². The van der Waals surface area contributed by atoms with Gasteiger partial charge in [-0.1, -0.05) is 19.8 Å². The molecule has 0 bridgehead atoms. The van der Waals surface area contributed by atoms with Gasteiger partial charge in [-0.15, -0.1) is 0 Å². The average Bonchev–Trinajstić information content (AvgIpc) is 2.00. The summed E-state index contributed by atoms with van der Waals surface area (Å²) in [5, 5.41) is 18.3. The summed E-state index contributed by atoms with van der Waals surface area (Å²) in [7, 11) is -0.727. The molecule has 4 heteroatoms. The number of hydrogen-bond donors (Lipinski definition) is 2. The van der Waals surface area contributed by atoms with Crippen molar-refractivity contribution in [2.24, 2.45) is 0 Å². The molecule has 0 aromatic rings. The van der Waals surface area contributed by atoms with Gasteiger partial charge < -0.3 is 14.8 Å². The van der Waals surface area contributed by atoms with E-state index in [1.807, 2.05) is 0 Å². The molecule has 3 nitrogen and oxygen atoms in total. The summed E-state index contributed by atoms with van der Waals surface area (Å²) in [5.74, 6) is 0. The fraction of sp³-hybridized carbons (Fsp3) is 1.00. The molecule has 0 unspecified atom stereocenters. The van der Waals surface area contributed by atoms with E-state index in [9.17, 15) is 5.02 Å². The molecule has 0 aliphatic heterocycles. The lowest BCUT2D eigenvalue weighted by Gasteiger charge is -2.17. The minimum atomic E-state index is -0.727. The topological polar surface area (TPSA) is 49.7 Å². The minimum absolute atomic E-state index is 0.295. The van der Waals surface area contributed by atoms with Gasteiger partial charge in [-0.05, 0) is 20.2 Å². The Balaban J connectivity index is 3.47. The molecule has 72 valence electrons. The molecule has 0 aliphatic rings. The highest BCUT2D eigenvalue weighted by Crippen LogP contribution is 2.05. The summed E-state index contributed by atoms with van der Waals surface area (Å²) >= 11 is 0. The Morgan fingerprint density at radius 1 is 1.42 bits per heavy atom. The van der Waals surface area contributed by atoms with Crippen molar-refractivity contribution in [3.8, 4) is 0 Å². The molecule has 0 radical (unpaired) electrons. The fourth-order valence-corrected chi connectivity index (χ4v) is 0.808. The number of aliphatic hydroxyl groups excluding tert-OH is 1. The van der Waals surface area contributed by atoms with Gasteiger partial charge in [0.2, 0.25) is 0 Å². The molecule has 12 heavy (non-hydrogen) atoms. The van der Waals surface area contributed by atoms with Crippen LogP contribution < -0.4 is 0 Å². The van der Waals surface area contributed by atoms with Crippen molar-refractivity contribution in [2.75, 3.05) is 0 Å². The lowest BCUT2D eigenvalue weighted by Crippen LogP contribution is -2.31. The van der Waals surface area contributed by atoms with E-state index < -0.39 is 13.2 Å². The zero-order valence-electron chi connectivity index (χ0n) is 8.16. The Morgan fingerprint density at radius 2 is 2.00 bits per heavy atom. The lowest BCUT2D eigenvalue weighted by atomic mass is 9.82. The second-order valence-corrected chi connectivity index (χ2v) is 3.18. The Morgan fingerprint density at radius 3 is 2.42 bits per heavy atom. The summed E-state index contributed by atoms with van der Waals surface area (Å²) < 4.78 is 5.12. The van der Waals surface area contributed by atoms with E-state index >= 15 is 0 Å². The molecule has 0 spiro atoms. The number of rotatable bonds is 6. The molecular weight excluding hydrogens is 155 g/mol. The number of unbranched alkanes of at least 4 members (excludes halogenated alkanes) is 1. The van der Waals surface area contributed by atoms with E-state index in [0.717, 1.165) is 12.8 Å². The van der Waals surface area contributed by atoms with Gasteiger partial charge >= 0.3 is 7.12 Å². The highest BCUT2D eigenvalue weighted by atomic mass is 16.5. The summed E-state index contributed by atoms with van der Waals surface area (Å²) in [6.07, 6.45) is 1.82. The first-order valence-corrected chi connectivity index (χ1v) is 4.59. The summed E-state index contributed by atoms with van der Waals surface area (Å²) in [6, 6.07) is 0. The molecule has 0 aromatic carbocycles. The van der Waals surface area contributed by atoms with Crippen LogP contribution in [0.1, 0.15) is 33.6 Å². The van der Waals surface area contributed by atoms with E-state index in [1.54, 1.807) is 13.8 Å². The molecule has 2 N–H and O–H groups in total. The van der Waals surface area contributed by atoms with Crippen LogP contribution in [-0.4, -0.2) is 29.5 Å². The van der Waals surface area contributed by atoms with Crippen molar-refractivity contribution in [1.29, 1.82) is 0 Å². The van der Waals surface area contributed by atoms with E-state index in [1.165, 1.54) is 0 Å². The molecule has 0 saturated carbocycles. The predicted molar refractivity (Wildman–Crippen MR) is 49.9 cm³/mol. The first-order chi connectivity index (χ1) is 5.57. The molecule has 0 aliphatic carbocycles. The largest absolute Gasteiger partial charge is 0.454 e. The van der Waals surface area contributed by atoms with Gasteiger partial charge in [0.25, 0.3) is 0 Å². The molecular formula is C8H19BO3. The maximum atomic E-state index is 9.27. The molecule has 0 fully saturated rings. The van der Waals surface area contributed by atoms with Crippen LogP contribution in [0.2, 0.25) is 6.32 Å². The Kier molecular flexibility index (Phi) is 6.43. The minimum Gasteiger partial charge on any atom is -0.427 e. The SMILES string of the molecule is CCCCB(O)O[C@H](C)[C@@H](C)O. The molecule has 0 amide bonds. The quantitative estimate of drug-likeness (QED) is 0.591. The standard InChI is InChI=1S/C8H19BO3/c1-4-5-6-9(11)12-8(3)7(2)10/h7-8,10-11H,4-6H2,1-3H3/t7-,8-/m1/s1. The van der Waals surface area contributed by atoms with Gasteiger partial charge in [-0.25, -0.2) is 0 Å². The monoisotopic (exact) mass is 174 g/mol. The number of hydrogen-bond acceptors (Lipinski definition) is 3. The van der Waals surface area contributed by atoms with Crippen LogP contribution in [-0.2, 0) is 4.65 Å². The second kappa shape index (κ2) is 6.46. The van der Waals surface area contributed by atoms with Gasteiger partial charge in [0.1, 0.15) is 0 Å². The summed E-state index contributed by atoms with van der Waals surface area (Å²) in [6.45, 7) is 5.46. The molecule has 0 rings (SSSR count). The highest BCUT2D eigenvalue weighted by molar-refractivity contribution is 6.42. The van der Waals surface area contributed by atoms with Gasteiger partial charge in [0.05, 0.1) is 12.2 Å². The molecule has 2 atom stereocenters. The maximum absolute atomic E-state index is 9.27. The van der Waals surface area contributed by atoms with Gasteiger partial charge in [-0.3, -0.25) is 0 Å². The van der Waals surface area contributed by atoms with Crippen molar-refractivity contribution in [1.82, 2.24) is 0 Å². The van der Waals surface area contributed by atoms with Crippen LogP contribution in [0.5, 0.6) is 0 Å². The zero-order valence-corrected chi connectivity index (χ0v) is 8.16.